The van der Waals surface area contributed by atoms with Crippen LogP contribution in [-0.2, 0) is 25.6 Å². The predicted octanol–water partition coefficient (Wildman–Crippen LogP) is 7.01. The third-order valence-electron chi connectivity index (χ3n) is 8.27. The molecule has 1 aliphatic carbocycles. The van der Waals surface area contributed by atoms with Gasteiger partial charge in [-0.25, -0.2) is 4.79 Å². The zero-order chi connectivity index (χ0) is 29.6. The molecule has 6 nitrogen and oxygen atoms in total. The Bertz CT molecular complexity index is 1790. The van der Waals surface area contributed by atoms with Crippen molar-refractivity contribution < 1.29 is 17.9 Å². The number of fused-ring (bicyclic) bond motifs is 2. The molecule has 5 rings (SSSR count). The van der Waals surface area contributed by atoms with Gasteiger partial charge in [-0.2, -0.15) is 18.4 Å². The summed E-state index contributed by atoms with van der Waals surface area (Å²) in [5.41, 5.74) is 6.12. The summed E-state index contributed by atoms with van der Waals surface area (Å²) in [5, 5.41) is 6.30. The highest BCUT2D eigenvalue weighted by Gasteiger charge is 2.37. The van der Waals surface area contributed by atoms with Gasteiger partial charge in [-0.3, -0.25) is 0 Å². The Morgan fingerprint density at radius 1 is 0.756 bits per heavy atom. The van der Waals surface area contributed by atoms with E-state index in [4.69, 9.17) is 4.74 Å². The molecule has 0 bridgehead atoms. The maximum atomic E-state index is 13.2. The topological polar surface area (TPSA) is 84.8 Å². The quantitative estimate of drug-likeness (QED) is 0.154. The van der Waals surface area contributed by atoms with E-state index in [-0.39, 0.29) is 15.7 Å². The molecule has 0 heterocycles. The van der Waals surface area contributed by atoms with E-state index in [0.29, 0.717) is 11.3 Å². The van der Waals surface area contributed by atoms with Crippen molar-refractivity contribution >= 4 is 32.5 Å². The lowest BCUT2D eigenvalue weighted by Gasteiger charge is -2.42. The molecule has 7 heteroatoms. The number of nitrogens with zero attached hydrogens (tertiary/aromatic N) is 1. The Labute approximate surface area is 242 Å². The second-order valence-corrected chi connectivity index (χ2v) is 13.8. The summed E-state index contributed by atoms with van der Waals surface area (Å²) in [4.78, 5) is 14.7. The number of hydrogen-bond acceptors (Lipinski definition) is 5. The Hall–Kier alpha value is -3.97. The number of carbonyl (C=O) groups excluding carboxylic acids is 1. The molecule has 0 unspecified atom stereocenters. The Morgan fingerprint density at radius 2 is 1.29 bits per heavy atom. The first-order chi connectivity index (χ1) is 19.3. The highest BCUT2D eigenvalue weighted by atomic mass is 32.2. The highest BCUT2D eigenvalue weighted by Crippen LogP contribution is 2.46. The first-order valence-corrected chi connectivity index (χ1v) is 15.2. The maximum Gasteiger partial charge on any atom is 0.337 e. The van der Waals surface area contributed by atoms with Gasteiger partial charge in [0, 0.05) is 11.1 Å². The van der Waals surface area contributed by atoms with E-state index < -0.39 is 16.0 Å². The second-order valence-electron chi connectivity index (χ2n) is 12.2. The number of esters is 1. The van der Waals surface area contributed by atoms with Gasteiger partial charge in [-0.1, -0.05) is 75.7 Å². The van der Waals surface area contributed by atoms with Gasteiger partial charge in [0.1, 0.15) is 0 Å². The van der Waals surface area contributed by atoms with Crippen molar-refractivity contribution in [3.8, 4) is 0 Å². The van der Waals surface area contributed by atoms with E-state index >= 15 is 0 Å². The standard InChI is InChI=1S/C34H36N2O4S/c1-22-7-14-28(15-8-22)41(38,39)36-35-31(25-11-9-24-20-27(32(37)40-6)12-10-23(24)19-25)26-13-16-29-30(21-26)34(4,5)18-17-33(29,2)3/h7-16,19-21,36H,17-18H2,1-6H3/b35-31+. The van der Waals surface area contributed by atoms with E-state index in [1.54, 1.807) is 36.4 Å². The Morgan fingerprint density at radius 3 is 1.93 bits per heavy atom. The fourth-order valence-electron chi connectivity index (χ4n) is 5.55. The summed E-state index contributed by atoms with van der Waals surface area (Å²) in [5.74, 6) is -0.400. The van der Waals surface area contributed by atoms with Crippen LogP contribution < -0.4 is 4.83 Å². The van der Waals surface area contributed by atoms with Crippen molar-refractivity contribution in [1.29, 1.82) is 0 Å². The minimum absolute atomic E-state index is 0.0267. The number of nitrogens with one attached hydrogen (secondary N) is 1. The third kappa shape index (κ3) is 5.64. The number of hydrazone groups is 1. The molecular weight excluding hydrogens is 532 g/mol. The summed E-state index contributed by atoms with van der Waals surface area (Å²) in [6, 6.07) is 24.2. The molecule has 1 N–H and O–H groups in total. The van der Waals surface area contributed by atoms with E-state index in [9.17, 15) is 13.2 Å². The van der Waals surface area contributed by atoms with Gasteiger partial charge in [0.25, 0.3) is 10.0 Å². The van der Waals surface area contributed by atoms with Crippen LogP contribution in [0.15, 0.2) is 88.9 Å². The SMILES string of the molecule is COC(=O)c1ccc2cc(/C(=N\NS(=O)(=O)c3ccc(C)cc3)c3ccc4c(c3)C(C)(C)CCC4(C)C)ccc2c1. The van der Waals surface area contributed by atoms with Gasteiger partial charge in [0.05, 0.1) is 23.3 Å². The summed E-state index contributed by atoms with van der Waals surface area (Å²) >= 11 is 0. The van der Waals surface area contributed by atoms with E-state index in [1.807, 2.05) is 37.3 Å². The van der Waals surface area contributed by atoms with E-state index in [0.717, 1.165) is 40.3 Å². The average Bonchev–Trinajstić information content (AvgIpc) is 2.95. The Kier molecular flexibility index (Phi) is 7.28. The van der Waals surface area contributed by atoms with Crippen molar-refractivity contribution in [3.63, 3.8) is 0 Å². The lowest BCUT2D eigenvalue weighted by Crippen LogP contribution is -2.34. The number of aryl methyl sites for hydroxylation is 1. The van der Waals surface area contributed by atoms with Crippen LogP contribution in [0.2, 0.25) is 0 Å². The van der Waals surface area contributed by atoms with Crippen LogP contribution in [0.4, 0.5) is 0 Å². The molecule has 0 amide bonds. The molecule has 0 atom stereocenters. The van der Waals surface area contributed by atoms with Crippen LogP contribution >= 0.6 is 0 Å². The van der Waals surface area contributed by atoms with Crippen molar-refractivity contribution in [3.05, 3.63) is 112 Å². The summed E-state index contributed by atoms with van der Waals surface area (Å²) in [7, 11) is -2.54. The van der Waals surface area contributed by atoms with Crippen LogP contribution in [0.5, 0.6) is 0 Å². The zero-order valence-corrected chi connectivity index (χ0v) is 25.2. The molecule has 41 heavy (non-hydrogen) atoms. The highest BCUT2D eigenvalue weighted by molar-refractivity contribution is 7.89. The maximum absolute atomic E-state index is 13.2. The van der Waals surface area contributed by atoms with Gasteiger partial charge < -0.3 is 4.74 Å². The summed E-state index contributed by atoms with van der Waals surface area (Å²) in [6.07, 6.45) is 2.16. The minimum Gasteiger partial charge on any atom is -0.465 e. The van der Waals surface area contributed by atoms with Crippen LogP contribution in [0.25, 0.3) is 10.8 Å². The molecule has 0 spiro atoms. The molecule has 0 radical (unpaired) electrons. The molecule has 1 aliphatic rings. The van der Waals surface area contributed by atoms with E-state index in [1.165, 1.54) is 18.2 Å². The van der Waals surface area contributed by atoms with Crippen LogP contribution in [0.1, 0.15) is 78.7 Å². The molecular formula is C34H36N2O4S. The first-order valence-electron chi connectivity index (χ1n) is 13.7. The minimum atomic E-state index is -3.90. The zero-order valence-electron chi connectivity index (χ0n) is 24.4. The lowest BCUT2D eigenvalue weighted by molar-refractivity contribution is 0.0601. The van der Waals surface area contributed by atoms with Crippen molar-refractivity contribution in [2.24, 2.45) is 5.10 Å². The normalized spacial score (nSPS) is 16.2. The largest absolute Gasteiger partial charge is 0.465 e. The number of rotatable bonds is 6. The lowest BCUT2D eigenvalue weighted by atomic mass is 9.63. The summed E-state index contributed by atoms with van der Waals surface area (Å²) in [6.45, 7) is 11.0. The number of hydrogen-bond donors (Lipinski definition) is 1. The van der Waals surface area contributed by atoms with Gasteiger partial charge in [0.2, 0.25) is 0 Å². The van der Waals surface area contributed by atoms with Crippen molar-refractivity contribution in [1.82, 2.24) is 4.83 Å². The molecule has 0 saturated carbocycles. The fourth-order valence-corrected chi connectivity index (χ4v) is 6.36. The molecule has 0 fully saturated rings. The molecule has 0 aliphatic heterocycles. The number of sulfonamides is 1. The monoisotopic (exact) mass is 568 g/mol. The average molecular weight is 569 g/mol. The third-order valence-corrected chi connectivity index (χ3v) is 9.49. The van der Waals surface area contributed by atoms with Gasteiger partial charge in [-0.05, 0) is 88.9 Å². The molecule has 4 aromatic rings. The Balaban J connectivity index is 1.65. The van der Waals surface area contributed by atoms with Crippen LogP contribution in [-0.4, -0.2) is 27.2 Å². The predicted molar refractivity (Wildman–Crippen MR) is 164 cm³/mol. The number of benzene rings is 4. The molecule has 0 saturated heterocycles. The molecule has 212 valence electrons. The van der Waals surface area contributed by atoms with Crippen LogP contribution in [0.3, 0.4) is 0 Å². The second kappa shape index (κ2) is 10.5. The van der Waals surface area contributed by atoms with Gasteiger partial charge in [0.15, 0.2) is 0 Å². The van der Waals surface area contributed by atoms with Gasteiger partial charge in [-0.15, -0.1) is 0 Å². The van der Waals surface area contributed by atoms with Crippen LogP contribution in [0, 0.1) is 6.92 Å². The molecule has 4 aromatic carbocycles. The fraction of sp³-hybridized carbons (Fsp3) is 0.294. The van der Waals surface area contributed by atoms with Gasteiger partial charge >= 0.3 is 5.97 Å². The smallest absolute Gasteiger partial charge is 0.337 e. The van der Waals surface area contributed by atoms with Crippen molar-refractivity contribution in [2.45, 2.75) is 63.2 Å². The number of methoxy groups -OCH3 is 1. The number of ether oxygens (including phenoxy) is 1. The van der Waals surface area contributed by atoms with Crippen molar-refractivity contribution in [2.75, 3.05) is 7.11 Å². The molecule has 0 aromatic heterocycles. The number of carbonyl (C=O) groups is 1. The summed E-state index contributed by atoms with van der Waals surface area (Å²) < 4.78 is 31.3. The van der Waals surface area contributed by atoms with E-state index in [2.05, 4.69) is 49.8 Å². The first kappa shape index (κ1) is 28.6.